The topological polar surface area (TPSA) is 49.8 Å². The van der Waals surface area contributed by atoms with Crippen LogP contribution in [0.4, 0.5) is 13.2 Å². The largest absolute Gasteiger partial charge is 0.489 e. The Morgan fingerprint density at radius 3 is 2.57 bits per heavy atom. The van der Waals surface area contributed by atoms with Crippen LogP contribution in [0.15, 0.2) is 30.3 Å². The number of nitrogens with zero attached hydrogens (tertiary/aromatic N) is 1. The summed E-state index contributed by atoms with van der Waals surface area (Å²) in [5.41, 5.74) is 1.25. The van der Waals surface area contributed by atoms with Crippen molar-refractivity contribution < 1.29 is 27.8 Å². The lowest BCUT2D eigenvalue weighted by Gasteiger charge is -2.41. The molecule has 2 saturated carbocycles. The first-order valence-corrected chi connectivity index (χ1v) is 13.0. The minimum atomic E-state index is -4.13. The van der Waals surface area contributed by atoms with Gasteiger partial charge in [-0.1, -0.05) is 29.8 Å². The first-order valence-electron chi connectivity index (χ1n) is 12.6. The number of carboxylic acids is 1. The molecule has 2 bridgehead atoms. The van der Waals surface area contributed by atoms with Gasteiger partial charge in [0.15, 0.2) is 0 Å². The Labute approximate surface area is 207 Å². The summed E-state index contributed by atoms with van der Waals surface area (Å²) >= 11 is 6.67. The average molecular weight is 508 g/mol. The molecule has 2 aromatic rings. The predicted molar refractivity (Wildman–Crippen MR) is 127 cm³/mol. The molecule has 0 radical (unpaired) electrons. The van der Waals surface area contributed by atoms with E-state index >= 15 is 0 Å². The lowest BCUT2D eigenvalue weighted by molar-refractivity contribution is -0.185. The number of carboxylic acid groups (broad SMARTS) is 1. The van der Waals surface area contributed by atoms with Crippen LogP contribution >= 0.6 is 11.6 Å². The Balaban J connectivity index is 1.15. The standard InChI is InChI=1S/C27H29ClF3NO3/c28-24-22-7-1-15(14-32-20-10-17(25(33)34)12-26(32)13-19(26)11-20)9-16(22)2-8-23(24)35-21-5-3-18(4-6-21)27(29,30)31/h1-2,7-9,17-21H,3-6,10-14H2,(H,33,34). The van der Waals surface area contributed by atoms with Crippen molar-refractivity contribution in [3.05, 3.63) is 40.9 Å². The number of benzene rings is 2. The zero-order valence-electron chi connectivity index (χ0n) is 19.4. The smallest absolute Gasteiger partial charge is 0.391 e. The molecule has 2 aliphatic heterocycles. The number of hydrogen-bond donors (Lipinski definition) is 1. The summed E-state index contributed by atoms with van der Waals surface area (Å²) in [4.78, 5) is 14.1. The van der Waals surface area contributed by atoms with Crippen molar-refractivity contribution in [1.29, 1.82) is 0 Å². The summed E-state index contributed by atoms with van der Waals surface area (Å²) in [7, 11) is 0. The van der Waals surface area contributed by atoms with E-state index in [-0.39, 0.29) is 30.4 Å². The molecule has 4 aliphatic rings. The van der Waals surface area contributed by atoms with Crippen molar-refractivity contribution in [2.45, 2.75) is 81.8 Å². The van der Waals surface area contributed by atoms with E-state index in [4.69, 9.17) is 16.3 Å². The third-order valence-corrected chi connectivity index (χ3v) is 9.43. The molecule has 0 amide bonds. The zero-order chi connectivity index (χ0) is 24.5. The van der Waals surface area contributed by atoms with E-state index in [0.29, 0.717) is 35.6 Å². The lowest BCUT2D eigenvalue weighted by Crippen LogP contribution is -2.48. The van der Waals surface area contributed by atoms with Crippen LogP contribution in [-0.2, 0) is 11.3 Å². The van der Waals surface area contributed by atoms with Gasteiger partial charge >= 0.3 is 12.1 Å². The SMILES string of the molecule is O=C(O)C1CC2CC3CC3(C1)N2Cc1ccc2c(Cl)c(OC3CCC(C(F)(F)F)CC3)ccc2c1. The third kappa shape index (κ3) is 4.08. The van der Waals surface area contributed by atoms with Gasteiger partial charge in [0, 0.05) is 23.5 Å². The van der Waals surface area contributed by atoms with Gasteiger partial charge < -0.3 is 9.84 Å². The summed E-state index contributed by atoms with van der Waals surface area (Å²) < 4.78 is 44.9. The molecule has 4 unspecified atom stereocenters. The van der Waals surface area contributed by atoms with Crippen molar-refractivity contribution in [1.82, 2.24) is 4.90 Å². The second kappa shape index (κ2) is 8.27. The maximum Gasteiger partial charge on any atom is 0.391 e. The van der Waals surface area contributed by atoms with E-state index < -0.39 is 18.1 Å². The second-order valence-corrected chi connectivity index (χ2v) is 11.4. The molecule has 4 nitrogen and oxygen atoms in total. The number of aliphatic carboxylic acids is 1. The normalized spacial score (nSPS) is 34.6. The number of piperidine rings is 2. The molecule has 1 N–H and O–H groups in total. The van der Waals surface area contributed by atoms with Crippen LogP contribution in [0.1, 0.15) is 56.9 Å². The monoisotopic (exact) mass is 507 g/mol. The Hall–Kier alpha value is -1.99. The number of fused-ring (bicyclic) bond motifs is 2. The fraction of sp³-hybridized carbons (Fsp3) is 0.593. The molecule has 1 spiro atoms. The number of carbonyl (C=O) groups is 1. The molecule has 4 atom stereocenters. The third-order valence-electron chi connectivity index (χ3n) is 9.04. The summed E-state index contributed by atoms with van der Waals surface area (Å²) in [5.74, 6) is -0.952. The average Bonchev–Trinajstić information content (AvgIpc) is 3.45. The highest BCUT2D eigenvalue weighted by Gasteiger charge is 2.68. The Bertz CT molecular complexity index is 1160. The fourth-order valence-electron chi connectivity index (χ4n) is 7.14. The van der Waals surface area contributed by atoms with Crippen molar-refractivity contribution >= 4 is 28.3 Å². The van der Waals surface area contributed by atoms with E-state index in [2.05, 4.69) is 17.0 Å². The van der Waals surface area contributed by atoms with Crippen LogP contribution in [0.3, 0.4) is 0 Å². The van der Waals surface area contributed by atoms with Gasteiger partial charge in [-0.3, -0.25) is 9.69 Å². The minimum Gasteiger partial charge on any atom is -0.489 e. The van der Waals surface area contributed by atoms with E-state index in [1.807, 2.05) is 18.2 Å². The summed E-state index contributed by atoms with van der Waals surface area (Å²) in [5, 5.41) is 11.9. The molecule has 8 heteroatoms. The van der Waals surface area contributed by atoms with Crippen molar-refractivity contribution in [2.24, 2.45) is 17.8 Å². The predicted octanol–water partition coefficient (Wildman–Crippen LogP) is 6.82. The fourth-order valence-corrected chi connectivity index (χ4v) is 7.42. The van der Waals surface area contributed by atoms with E-state index in [1.165, 1.54) is 5.56 Å². The van der Waals surface area contributed by atoms with Crippen LogP contribution in [-0.4, -0.2) is 39.8 Å². The molecule has 4 fully saturated rings. The van der Waals surface area contributed by atoms with Gasteiger partial charge in [0.2, 0.25) is 0 Å². The molecule has 188 valence electrons. The highest BCUT2D eigenvalue weighted by atomic mass is 35.5. The highest BCUT2D eigenvalue weighted by Crippen LogP contribution is 2.65. The summed E-state index contributed by atoms with van der Waals surface area (Å²) in [6, 6.07) is 10.3. The van der Waals surface area contributed by atoms with E-state index in [9.17, 15) is 23.1 Å². The Morgan fingerprint density at radius 2 is 1.89 bits per heavy atom. The van der Waals surface area contributed by atoms with Gasteiger partial charge in [0.05, 0.1) is 23.0 Å². The molecular formula is C27H29ClF3NO3. The first-order chi connectivity index (χ1) is 16.6. The van der Waals surface area contributed by atoms with E-state index in [1.54, 1.807) is 0 Å². The molecule has 35 heavy (non-hydrogen) atoms. The van der Waals surface area contributed by atoms with E-state index in [0.717, 1.165) is 43.0 Å². The quantitative estimate of drug-likeness (QED) is 0.482. The van der Waals surface area contributed by atoms with Gasteiger partial charge in [-0.25, -0.2) is 0 Å². The van der Waals surface area contributed by atoms with Gasteiger partial charge in [-0.05, 0) is 80.4 Å². The van der Waals surface area contributed by atoms with Crippen LogP contribution in [0.2, 0.25) is 5.02 Å². The molecular weight excluding hydrogens is 479 g/mol. The molecule has 2 heterocycles. The van der Waals surface area contributed by atoms with Gasteiger partial charge in [-0.15, -0.1) is 0 Å². The maximum absolute atomic E-state index is 12.9. The first kappa shape index (κ1) is 23.4. The van der Waals surface area contributed by atoms with Crippen LogP contribution in [0, 0.1) is 17.8 Å². The number of halogens is 4. The second-order valence-electron chi connectivity index (χ2n) is 11.1. The maximum atomic E-state index is 12.9. The molecule has 2 saturated heterocycles. The molecule has 2 aromatic carbocycles. The summed E-state index contributed by atoms with van der Waals surface area (Å²) in [6.07, 6.45) is 0.262. The number of alkyl halides is 3. The highest BCUT2D eigenvalue weighted by molar-refractivity contribution is 6.37. The van der Waals surface area contributed by atoms with Crippen molar-refractivity contribution in [2.75, 3.05) is 0 Å². The number of ether oxygens (including phenoxy) is 1. The van der Waals surface area contributed by atoms with Crippen molar-refractivity contribution in [3.63, 3.8) is 0 Å². The van der Waals surface area contributed by atoms with Crippen LogP contribution in [0.25, 0.3) is 10.8 Å². The van der Waals surface area contributed by atoms with Gasteiger partial charge in [-0.2, -0.15) is 13.2 Å². The molecule has 0 aromatic heterocycles. The zero-order valence-corrected chi connectivity index (χ0v) is 20.1. The molecule has 6 rings (SSSR count). The number of hydrogen-bond acceptors (Lipinski definition) is 3. The van der Waals surface area contributed by atoms with Gasteiger partial charge in [0.1, 0.15) is 5.75 Å². The Kier molecular flexibility index (Phi) is 5.53. The van der Waals surface area contributed by atoms with Crippen LogP contribution in [0.5, 0.6) is 5.75 Å². The van der Waals surface area contributed by atoms with Crippen LogP contribution < -0.4 is 4.74 Å². The van der Waals surface area contributed by atoms with Gasteiger partial charge in [0.25, 0.3) is 0 Å². The number of rotatable bonds is 5. The molecule has 2 aliphatic carbocycles. The Morgan fingerprint density at radius 1 is 1.11 bits per heavy atom. The lowest BCUT2D eigenvalue weighted by atomic mass is 9.86. The minimum absolute atomic E-state index is 0.0708. The summed E-state index contributed by atoms with van der Waals surface area (Å²) in [6.45, 7) is 0.807. The van der Waals surface area contributed by atoms with Crippen molar-refractivity contribution in [3.8, 4) is 5.75 Å².